The van der Waals surface area contributed by atoms with Crippen LogP contribution in [0.15, 0.2) is 47.5 Å². The van der Waals surface area contributed by atoms with Gasteiger partial charge >= 0.3 is 0 Å². The Bertz CT molecular complexity index is 1180. The van der Waals surface area contributed by atoms with E-state index in [1.807, 2.05) is 18.2 Å². The number of hydrogen-bond acceptors (Lipinski definition) is 7. The fourth-order valence-corrected chi connectivity index (χ4v) is 5.40. The van der Waals surface area contributed by atoms with Gasteiger partial charge in [0.25, 0.3) is 11.8 Å². The van der Waals surface area contributed by atoms with Gasteiger partial charge in [-0.05, 0) is 61.2 Å². The van der Waals surface area contributed by atoms with E-state index in [4.69, 9.17) is 9.47 Å². The van der Waals surface area contributed by atoms with Crippen molar-refractivity contribution in [2.75, 3.05) is 46.2 Å². The van der Waals surface area contributed by atoms with Gasteiger partial charge < -0.3 is 24.6 Å². The number of amidine groups is 1. The minimum absolute atomic E-state index is 0.0594. The highest BCUT2D eigenvalue weighted by atomic mass is 32.2. The summed E-state index contributed by atoms with van der Waals surface area (Å²) < 4.78 is 10.6. The second-order valence-corrected chi connectivity index (χ2v) is 10.2. The number of methoxy groups -OCH3 is 2. The smallest absolute Gasteiger partial charge is 0.262 e. The fraction of sp³-hybridized carbons (Fsp3) is 0.407. The second-order valence-electron chi connectivity index (χ2n) is 9.03. The Morgan fingerprint density at radius 2 is 1.78 bits per heavy atom. The summed E-state index contributed by atoms with van der Waals surface area (Å²) >= 11 is 1.37. The normalized spacial score (nSPS) is 16.9. The molecule has 0 aliphatic carbocycles. The van der Waals surface area contributed by atoms with Gasteiger partial charge in [0.15, 0.2) is 16.7 Å². The van der Waals surface area contributed by atoms with Crippen molar-refractivity contribution in [1.82, 2.24) is 9.80 Å². The molecule has 2 aromatic rings. The molecular weight excluding hydrogens is 492 g/mol. The summed E-state index contributed by atoms with van der Waals surface area (Å²) in [5.74, 6) is 0.700. The molecule has 10 heteroatoms. The molecule has 0 radical (unpaired) electrons. The van der Waals surface area contributed by atoms with Crippen molar-refractivity contribution in [1.29, 1.82) is 0 Å². The number of ether oxygens (including phenoxy) is 2. The van der Waals surface area contributed by atoms with Crippen LogP contribution in [0.4, 0.5) is 5.69 Å². The van der Waals surface area contributed by atoms with Gasteiger partial charge in [-0.3, -0.25) is 14.4 Å². The van der Waals surface area contributed by atoms with E-state index in [2.05, 4.69) is 15.2 Å². The molecule has 3 amide bonds. The number of thioether (sulfide) groups is 1. The second kappa shape index (κ2) is 12.1. The summed E-state index contributed by atoms with van der Waals surface area (Å²) in [6, 6.07) is 12.5. The SMILES string of the molecule is COc1ccc(CCN(C)C(=O)c2ccc(NC(=O)C[C@H]3SC(N4CCCC4)=NC3=O)cc2)cc1OC. The third-order valence-electron chi connectivity index (χ3n) is 6.42. The van der Waals surface area contributed by atoms with Crippen molar-refractivity contribution in [3.8, 4) is 11.5 Å². The Labute approximate surface area is 221 Å². The molecule has 9 nitrogen and oxygen atoms in total. The molecule has 37 heavy (non-hydrogen) atoms. The summed E-state index contributed by atoms with van der Waals surface area (Å²) in [6.45, 7) is 2.35. The first-order valence-electron chi connectivity index (χ1n) is 12.3. The number of nitrogens with one attached hydrogen (secondary N) is 1. The molecule has 1 saturated heterocycles. The highest BCUT2D eigenvalue weighted by Gasteiger charge is 2.33. The number of likely N-dealkylation sites (N-methyl/N-ethyl adjacent to an activating group) is 1. The van der Waals surface area contributed by atoms with Crippen molar-refractivity contribution in [2.24, 2.45) is 4.99 Å². The van der Waals surface area contributed by atoms with E-state index in [9.17, 15) is 14.4 Å². The lowest BCUT2D eigenvalue weighted by molar-refractivity contribution is -0.121. The number of carbonyl (C=O) groups is 3. The van der Waals surface area contributed by atoms with Gasteiger partial charge in [0.1, 0.15) is 5.25 Å². The van der Waals surface area contributed by atoms with Crippen LogP contribution in [0.25, 0.3) is 0 Å². The van der Waals surface area contributed by atoms with Crippen LogP contribution in [-0.2, 0) is 16.0 Å². The van der Waals surface area contributed by atoms with Gasteiger partial charge in [0.2, 0.25) is 5.91 Å². The van der Waals surface area contributed by atoms with E-state index in [0.29, 0.717) is 35.7 Å². The molecule has 2 aliphatic rings. The van der Waals surface area contributed by atoms with Crippen LogP contribution in [0.1, 0.15) is 35.2 Å². The predicted molar refractivity (Wildman–Crippen MR) is 145 cm³/mol. The van der Waals surface area contributed by atoms with Crippen LogP contribution in [0.5, 0.6) is 11.5 Å². The van der Waals surface area contributed by atoms with Crippen molar-refractivity contribution < 1.29 is 23.9 Å². The number of benzene rings is 2. The van der Waals surface area contributed by atoms with Crippen LogP contribution in [0.2, 0.25) is 0 Å². The number of aliphatic imine (C=N–C) groups is 1. The number of likely N-dealkylation sites (tertiary alicyclic amines) is 1. The number of carbonyl (C=O) groups excluding carboxylic acids is 3. The van der Waals surface area contributed by atoms with Crippen LogP contribution in [0, 0.1) is 0 Å². The largest absolute Gasteiger partial charge is 0.493 e. The van der Waals surface area contributed by atoms with Crippen molar-refractivity contribution >= 4 is 40.3 Å². The maximum atomic E-state index is 12.9. The fourth-order valence-electron chi connectivity index (χ4n) is 4.28. The third kappa shape index (κ3) is 6.62. The minimum atomic E-state index is -0.490. The van der Waals surface area contributed by atoms with Gasteiger partial charge in [-0.15, -0.1) is 0 Å². The molecule has 2 heterocycles. The summed E-state index contributed by atoms with van der Waals surface area (Å²) in [5.41, 5.74) is 2.14. The lowest BCUT2D eigenvalue weighted by atomic mass is 10.1. The first-order valence-corrected chi connectivity index (χ1v) is 13.2. The van der Waals surface area contributed by atoms with Gasteiger partial charge in [-0.1, -0.05) is 17.8 Å². The summed E-state index contributed by atoms with van der Waals surface area (Å²) in [5, 5.41) is 3.06. The van der Waals surface area contributed by atoms with Crippen molar-refractivity contribution in [3.63, 3.8) is 0 Å². The Kier molecular flexibility index (Phi) is 8.70. The number of anilines is 1. The van der Waals surface area contributed by atoms with Gasteiger partial charge in [0, 0.05) is 44.4 Å². The zero-order valence-electron chi connectivity index (χ0n) is 21.4. The highest BCUT2D eigenvalue weighted by Crippen LogP contribution is 2.30. The zero-order valence-corrected chi connectivity index (χ0v) is 22.2. The molecular formula is C27H32N4O5S. The molecule has 0 saturated carbocycles. The number of nitrogens with zero attached hydrogens (tertiary/aromatic N) is 3. The molecule has 0 aromatic heterocycles. The lowest BCUT2D eigenvalue weighted by Gasteiger charge is -2.18. The predicted octanol–water partition coefficient (Wildman–Crippen LogP) is 3.44. The van der Waals surface area contributed by atoms with Crippen LogP contribution in [-0.4, -0.2) is 78.8 Å². The average Bonchev–Trinajstić information content (AvgIpc) is 3.57. The highest BCUT2D eigenvalue weighted by molar-refractivity contribution is 8.15. The molecule has 0 bridgehead atoms. The first-order chi connectivity index (χ1) is 17.9. The van der Waals surface area contributed by atoms with Crippen LogP contribution < -0.4 is 14.8 Å². The Balaban J connectivity index is 1.25. The lowest BCUT2D eigenvalue weighted by Crippen LogP contribution is -2.28. The van der Waals surface area contributed by atoms with Crippen LogP contribution >= 0.6 is 11.8 Å². The van der Waals surface area contributed by atoms with E-state index in [1.165, 1.54) is 11.8 Å². The van der Waals surface area contributed by atoms with E-state index in [1.54, 1.807) is 50.4 Å². The molecule has 0 unspecified atom stereocenters. The summed E-state index contributed by atoms with van der Waals surface area (Å²) in [6.07, 6.45) is 2.93. The topological polar surface area (TPSA) is 101 Å². The first kappa shape index (κ1) is 26.5. The van der Waals surface area contributed by atoms with Gasteiger partial charge in [-0.2, -0.15) is 4.99 Å². The van der Waals surface area contributed by atoms with Crippen molar-refractivity contribution in [3.05, 3.63) is 53.6 Å². The van der Waals surface area contributed by atoms with Crippen molar-refractivity contribution in [2.45, 2.75) is 30.9 Å². The standard InChI is InChI=1S/C27H32N4O5S/c1-30(15-12-18-6-11-21(35-2)22(16-18)36-3)26(34)19-7-9-20(10-8-19)28-24(32)17-23-25(33)29-27(37-23)31-13-4-5-14-31/h6-11,16,23H,4-5,12-15,17H2,1-3H3,(H,28,32)/t23-/m1/s1. The van der Waals surface area contributed by atoms with E-state index < -0.39 is 5.25 Å². The number of hydrogen-bond donors (Lipinski definition) is 1. The van der Waals surface area contributed by atoms with Gasteiger partial charge in [0.05, 0.1) is 14.2 Å². The van der Waals surface area contributed by atoms with E-state index >= 15 is 0 Å². The van der Waals surface area contributed by atoms with E-state index in [0.717, 1.165) is 36.7 Å². The molecule has 1 N–H and O–H groups in total. The molecule has 196 valence electrons. The molecule has 2 aliphatic heterocycles. The Morgan fingerprint density at radius 1 is 1.08 bits per heavy atom. The number of amides is 3. The number of rotatable bonds is 9. The average molecular weight is 525 g/mol. The zero-order chi connectivity index (χ0) is 26.4. The molecule has 0 spiro atoms. The van der Waals surface area contributed by atoms with E-state index in [-0.39, 0.29) is 24.1 Å². The maximum absolute atomic E-state index is 12.9. The molecule has 1 fully saturated rings. The molecule has 1 atom stereocenters. The Morgan fingerprint density at radius 3 is 2.46 bits per heavy atom. The minimum Gasteiger partial charge on any atom is -0.493 e. The summed E-state index contributed by atoms with van der Waals surface area (Å²) in [4.78, 5) is 45.6. The van der Waals surface area contributed by atoms with Gasteiger partial charge in [-0.25, -0.2) is 0 Å². The Hall–Kier alpha value is -3.53. The molecule has 2 aromatic carbocycles. The monoisotopic (exact) mass is 524 g/mol. The maximum Gasteiger partial charge on any atom is 0.262 e. The molecule has 4 rings (SSSR count). The third-order valence-corrected chi connectivity index (χ3v) is 7.64. The quantitative estimate of drug-likeness (QED) is 0.536. The summed E-state index contributed by atoms with van der Waals surface area (Å²) in [7, 11) is 4.94. The van der Waals surface area contributed by atoms with Crippen LogP contribution in [0.3, 0.4) is 0 Å².